The van der Waals surface area contributed by atoms with Crippen molar-refractivity contribution in [2.24, 2.45) is 0 Å². The largest absolute Gasteiger partial charge is 0.464 e. The molecule has 2 heterocycles. The number of rotatable bonds is 2. The molecule has 5 heteroatoms. The zero-order valence-corrected chi connectivity index (χ0v) is 9.21. The van der Waals surface area contributed by atoms with Gasteiger partial charge in [0.25, 0.3) is 5.91 Å². The molecule has 2 aliphatic heterocycles. The van der Waals surface area contributed by atoms with E-state index in [2.05, 4.69) is 0 Å². The van der Waals surface area contributed by atoms with Crippen molar-refractivity contribution < 1.29 is 19.4 Å². The molecule has 1 N–H and O–H groups in total. The van der Waals surface area contributed by atoms with Crippen molar-refractivity contribution in [1.29, 1.82) is 0 Å². The Bertz CT molecular complexity index is 527. The van der Waals surface area contributed by atoms with E-state index in [1.54, 1.807) is 31.2 Å². The average Bonchev–Trinajstić information content (AvgIpc) is 2.90. The van der Waals surface area contributed by atoms with Crippen LogP contribution in [0.5, 0.6) is 0 Å². The molecule has 1 aromatic rings. The van der Waals surface area contributed by atoms with E-state index in [-0.39, 0.29) is 12.5 Å². The van der Waals surface area contributed by atoms with Crippen molar-refractivity contribution in [2.45, 2.75) is 18.7 Å². The molecule has 1 saturated heterocycles. The Morgan fingerprint density at radius 3 is 2.94 bits per heavy atom. The fourth-order valence-corrected chi connectivity index (χ4v) is 2.44. The summed E-state index contributed by atoms with van der Waals surface area (Å²) < 4.78 is 4.84. The summed E-state index contributed by atoms with van der Waals surface area (Å²) in [6.07, 6.45) is 0. The number of aliphatic hydroxyl groups is 1. The predicted molar refractivity (Wildman–Crippen MR) is 56.9 cm³/mol. The predicted octanol–water partition coefficient (Wildman–Crippen LogP) is 0.233. The molecule has 0 radical (unpaired) electrons. The van der Waals surface area contributed by atoms with Gasteiger partial charge < -0.3 is 9.84 Å². The summed E-state index contributed by atoms with van der Waals surface area (Å²) in [6.45, 7) is 1.92. The topological polar surface area (TPSA) is 66.6 Å². The molecule has 0 spiro atoms. The first-order chi connectivity index (χ1) is 8.12. The summed E-state index contributed by atoms with van der Waals surface area (Å²) in [5.74, 6) is -0.876. The molecule has 1 aromatic carbocycles. The Balaban J connectivity index is 2.00. The summed E-state index contributed by atoms with van der Waals surface area (Å²) in [5.41, 5.74) is -0.543. The molecule has 2 aliphatic rings. The standard InChI is InChI=1S/C12H11NO4/c1-2-17-11(15)9-12(16)8-6-4-3-5-7(8)10(14)13(9)12/h3-6,9,16H,2H2,1H3/t9-,12-,13?/m1/s1. The van der Waals surface area contributed by atoms with Crippen molar-refractivity contribution in [2.75, 3.05) is 6.61 Å². The van der Waals surface area contributed by atoms with Gasteiger partial charge in [-0.25, -0.2) is 4.79 Å². The third kappa shape index (κ3) is 1.07. The van der Waals surface area contributed by atoms with E-state index in [4.69, 9.17) is 4.74 Å². The number of amides is 1. The van der Waals surface area contributed by atoms with E-state index in [0.29, 0.717) is 11.1 Å². The molecule has 3 rings (SSSR count). The van der Waals surface area contributed by atoms with Crippen LogP contribution < -0.4 is 0 Å². The second-order valence-corrected chi connectivity index (χ2v) is 4.10. The van der Waals surface area contributed by atoms with E-state index >= 15 is 0 Å². The van der Waals surface area contributed by atoms with E-state index in [1.807, 2.05) is 0 Å². The number of ether oxygens (including phenoxy) is 1. The van der Waals surface area contributed by atoms with Crippen LogP contribution in [0.15, 0.2) is 24.3 Å². The summed E-state index contributed by atoms with van der Waals surface area (Å²) >= 11 is 0. The number of fused-ring (bicyclic) bond motifs is 3. The van der Waals surface area contributed by atoms with Gasteiger partial charge in [-0.1, -0.05) is 18.2 Å². The summed E-state index contributed by atoms with van der Waals surface area (Å²) in [4.78, 5) is 24.7. The first-order valence-electron chi connectivity index (χ1n) is 5.44. The number of carbonyl (C=O) groups excluding carboxylic acids is 2. The molecule has 17 heavy (non-hydrogen) atoms. The van der Waals surface area contributed by atoms with E-state index in [1.165, 1.54) is 0 Å². The van der Waals surface area contributed by atoms with Crippen LogP contribution >= 0.6 is 0 Å². The maximum Gasteiger partial charge on any atom is 0.334 e. The zero-order chi connectivity index (χ0) is 12.2. The quantitative estimate of drug-likeness (QED) is 0.586. The monoisotopic (exact) mass is 233 g/mol. The molecular weight excluding hydrogens is 222 g/mol. The number of carbonyl (C=O) groups is 2. The molecule has 1 fully saturated rings. The van der Waals surface area contributed by atoms with Crippen molar-refractivity contribution in [3.63, 3.8) is 0 Å². The number of benzene rings is 1. The van der Waals surface area contributed by atoms with Gasteiger partial charge >= 0.3 is 5.97 Å². The van der Waals surface area contributed by atoms with Crippen LogP contribution in [0.25, 0.3) is 0 Å². The lowest BCUT2D eigenvalue weighted by Gasteiger charge is -2.07. The van der Waals surface area contributed by atoms with Gasteiger partial charge in [0, 0.05) is 11.1 Å². The average molecular weight is 233 g/mol. The second kappa shape index (κ2) is 3.07. The Labute approximate surface area is 97.6 Å². The molecule has 0 aromatic heterocycles. The highest BCUT2D eigenvalue weighted by atomic mass is 16.5. The van der Waals surface area contributed by atoms with E-state index < -0.39 is 17.7 Å². The third-order valence-corrected chi connectivity index (χ3v) is 3.22. The molecule has 1 amide bonds. The van der Waals surface area contributed by atoms with Gasteiger partial charge in [0.05, 0.1) is 6.61 Å². The molecule has 88 valence electrons. The van der Waals surface area contributed by atoms with Gasteiger partial charge in [0.2, 0.25) is 5.72 Å². The summed E-state index contributed by atoms with van der Waals surface area (Å²) in [6, 6.07) is 5.88. The first kappa shape index (κ1) is 10.3. The van der Waals surface area contributed by atoms with Crippen molar-refractivity contribution >= 4 is 11.9 Å². The summed E-state index contributed by atoms with van der Waals surface area (Å²) in [5, 5.41) is 10.4. The number of hydrogen-bond acceptors (Lipinski definition) is 4. The van der Waals surface area contributed by atoms with Crippen LogP contribution in [0.1, 0.15) is 22.8 Å². The van der Waals surface area contributed by atoms with Crippen molar-refractivity contribution in [3.8, 4) is 0 Å². The smallest absolute Gasteiger partial charge is 0.334 e. The van der Waals surface area contributed by atoms with Crippen molar-refractivity contribution in [3.05, 3.63) is 35.4 Å². The first-order valence-corrected chi connectivity index (χ1v) is 5.44. The maximum absolute atomic E-state index is 11.9. The fourth-order valence-electron chi connectivity index (χ4n) is 2.44. The van der Waals surface area contributed by atoms with Crippen LogP contribution in [0.3, 0.4) is 0 Å². The van der Waals surface area contributed by atoms with Gasteiger partial charge in [-0.05, 0) is 13.0 Å². The SMILES string of the molecule is CCOC(=O)[C@H]1N2C(=O)c3ccccc3[C@@]12O. The number of nitrogens with zero attached hydrogens (tertiary/aromatic N) is 1. The molecule has 2 atom stereocenters. The van der Waals surface area contributed by atoms with Crippen LogP contribution in [0.4, 0.5) is 0 Å². The Morgan fingerprint density at radius 2 is 2.24 bits per heavy atom. The second-order valence-electron chi connectivity index (χ2n) is 4.10. The molecule has 5 nitrogen and oxygen atoms in total. The Hall–Kier alpha value is -1.88. The lowest BCUT2D eigenvalue weighted by Crippen LogP contribution is -2.24. The Morgan fingerprint density at radius 1 is 1.53 bits per heavy atom. The third-order valence-electron chi connectivity index (χ3n) is 3.22. The normalized spacial score (nSPS) is 28.7. The van der Waals surface area contributed by atoms with Gasteiger partial charge in [-0.2, -0.15) is 0 Å². The number of hydrogen-bond donors (Lipinski definition) is 1. The van der Waals surface area contributed by atoms with Crippen LogP contribution in [0.2, 0.25) is 0 Å². The lowest BCUT2D eigenvalue weighted by molar-refractivity contribution is -0.144. The van der Waals surface area contributed by atoms with Crippen LogP contribution in [-0.4, -0.2) is 34.5 Å². The zero-order valence-electron chi connectivity index (χ0n) is 9.21. The van der Waals surface area contributed by atoms with Crippen molar-refractivity contribution in [1.82, 2.24) is 4.90 Å². The van der Waals surface area contributed by atoms with Gasteiger partial charge in [-0.3, -0.25) is 9.69 Å². The molecule has 0 aliphatic carbocycles. The maximum atomic E-state index is 11.9. The minimum atomic E-state index is -1.49. The molecule has 0 unspecified atom stereocenters. The lowest BCUT2D eigenvalue weighted by atomic mass is 10.0. The Kier molecular flexibility index (Phi) is 1.86. The highest BCUT2D eigenvalue weighted by Gasteiger charge is 2.75. The highest BCUT2D eigenvalue weighted by molar-refractivity contribution is 6.07. The van der Waals surface area contributed by atoms with E-state index in [9.17, 15) is 14.7 Å². The fraction of sp³-hybridized carbons (Fsp3) is 0.333. The van der Waals surface area contributed by atoms with Gasteiger partial charge in [-0.15, -0.1) is 0 Å². The van der Waals surface area contributed by atoms with Crippen LogP contribution in [0, 0.1) is 0 Å². The minimum Gasteiger partial charge on any atom is -0.464 e. The van der Waals surface area contributed by atoms with E-state index in [0.717, 1.165) is 4.90 Å². The number of esters is 1. The highest BCUT2D eigenvalue weighted by Crippen LogP contribution is 2.55. The summed E-state index contributed by atoms with van der Waals surface area (Å²) in [7, 11) is 0. The molecule has 0 saturated carbocycles. The van der Waals surface area contributed by atoms with Crippen LogP contribution in [-0.2, 0) is 15.3 Å². The van der Waals surface area contributed by atoms with Gasteiger partial charge in [0.15, 0.2) is 6.04 Å². The minimum absolute atomic E-state index is 0.231. The molecule has 0 bridgehead atoms. The van der Waals surface area contributed by atoms with Gasteiger partial charge in [0.1, 0.15) is 0 Å². The molecular formula is C12H11NO4.